The Morgan fingerprint density at radius 3 is 2.34 bits per heavy atom. The molecule has 1 fully saturated rings. The number of non-ortho nitro benzene ring substituents is 1. The molecule has 0 unspecified atom stereocenters. The van der Waals surface area contributed by atoms with Gasteiger partial charge in [0.2, 0.25) is 0 Å². The van der Waals surface area contributed by atoms with Crippen LogP contribution in [0, 0.1) is 30.9 Å². The number of ether oxygens (including phenoxy) is 1. The average molecular weight is 491 g/mol. The second-order valence-corrected chi connectivity index (χ2v) is 8.43. The zero-order valence-electron chi connectivity index (χ0n) is 19.5. The van der Waals surface area contributed by atoms with Gasteiger partial charge >= 0.3 is 0 Å². The van der Waals surface area contributed by atoms with Crippen molar-refractivity contribution >= 4 is 46.6 Å². The van der Waals surface area contributed by atoms with Gasteiger partial charge in [0.1, 0.15) is 11.3 Å². The Morgan fingerprint density at radius 2 is 1.74 bits per heavy atom. The van der Waals surface area contributed by atoms with E-state index in [0.717, 1.165) is 22.6 Å². The first kappa shape index (κ1) is 23.8. The normalized spacial score (nSPS) is 14.9. The highest BCUT2D eigenvalue weighted by molar-refractivity contribution is 7.80. The molecular formula is C25H22N4O5S. The predicted octanol–water partition coefficient (Wildman–Crippen LogP) is 4.15. The molecule has 0 radical (unpaired) electrons. The van der Waals surface area contributed by atoms with E-state index in [4.69, 9.17) is 17.0 Å². The van der Waals surface area contributed by atoms with E-state index >= 15 is 0 Å². The molecule has 0 aliphatic carbocycles. The Hall–Kier alpha value is -4.31. The minimum atomic E-state index is -0.582. The van der Waals surface area contributed by atoms with Gasteiger partial charge in [0.25, 0.3) is 17.5 Å². The fourth-order valence-corrected chi connectivity index (χ4v) is 4.37. The number of nitro benzene ring substituents is 1. The lowest BCUT2D eigenvalue weighted by Crippen LogP contribution is -2.54. The molecule has 9 nitrogen and oxygen atoms in total. The molecule has 0 saturated carbocycles. The number of nitro groups is 1. The SMILES string of the molecule is COc1ccc(N2C(=O)/C(=C\c3cc(C)n(-c4ccc([N+](=O)[O-])cc4C)c3C)C(=O)NC2=S)cc1. The van der Waals surface area contributed by atoms with Gasteiger partial charge in [0.15, 0.2) is 5.11 Å². The second-order valence-electron chi connectivity index (χ2n) is 8.05. The average Bonchev–Trinajstić information content (AvgIpc) is 3.09. The Labute approximate surface area is 206 Å². The first-order valence-electron chi connectivity index (χ1n) is 10.6. The summed E-state index contributed by atoms with van der Waals surface area (Å²) in [5.74, 6) is -0.501. The summed E-state index contributed by atoms with van der Waals surface area (Å²) in [7, 11) is 1.54. The van der Waals surface area contributed by atoms with Crippen LogP contribution < -0.4 is 15.0 Å². The number of aryl methyl sites for hydroxylation is 2. The number of hydrogen-bond donors (Lipinski definition) is 1. The van der Waals surface area contributed by atoms with Crippen molar-refractivity contribution < 1.29 is 19.2 Å². The van der Waals surface area contributed by atoms with Crippen molar-refractivity contribution in [3.8, 4) is 11.4 Å². The topological polar surface area (TPSA) is 107 Å². The van der Waals surface area contributed by atoms with Crippen LogP contribution >= 0.6 is 12.2 Å². The third-order valence-corrected chi connectivity index (χ3v) is 6.12. The third kappa shape index (κ3) is 4.31. The number of methoxy groups -OCH3 is 1. The number of amides is 2. The molecule has 0 spiro atoms. The molecule has 1 saturated heterocycles. The Morgan fingerprint density at radius 1 is 1.06 bits per heavy atom. The number of carbonyl (C=O) groups is 2. The summed E-state index contributed by atoms with van der Waals surface area (Å²) >= 11 is 5.26. The first-order valence-corrected chi connectivity index (χ1v) is 11.0. The van der Waals surface area contributed by atoms with E-state index < -0.39 is 16.7 Å². The quantitative estimate of drug-likeness (QED) is 0.189. The van der Waals surface area contributed by atoms with Gasteiger partial charge in [0, 0.05) is 29.2 Å². The zero-order valence-corrected chi connectivity index (χ0v) is 20.3. The summed E-state index contributed by atoms with van der Waals surface area (Å²) in [6.07, 6.45) is 1.54. The molecule has 1 aliphatic rings. The van der Waals surface area contributed by atoms with Crippen molar-refractivity contribution in [2.24, 2.45) is 0 Å². The molecule has 2 heterocycles. The van der Waals surface area contributed by atoms with Crippen molar-refractivity contribution in [3.05, 3.63) is 86.7 Å². The lowest BCUT2D eigenvalue weighted by Gasteiger charge is -2.29. The number of benzene rings is 2. The van der Waals surface area contributed by atoms with E-state index in [2.05, 4.69) is 5.32 Å². The molecule has 1 aromatic heterocycles. The lowest BCUT2D eigenvalue weighted by atomic mass is 10.1. The van der Waals surface area contributed by atoms with Crippen molar-refractivity contribution in [2.75, 3.05) is 12.0 Å². The smallest absolute Gasteiger partial charge is 0.270 e. The van der Waals surface area contributed by atoms with Crippen molar-refractivity contribution in [1.82, 2.24) is 9.88 Å². The molecule has 1 aliphatic heterocycles. The molecule has 2 aromatic carbocycles. The fourth-order valence-electron chi connectivity index (χ4n) is 4.09. The van der Waals surface area contributed by atoms with Crippen LogP contribution in [0.3, 0.4) is 0 Å². The summed E-state index contributed by atoms with van der Waals surface area (Å²) in [5, 5.41) is 13.7. The maximum absolute atomic E-state index is 13.3. The third-order valence-electron chi connectivity index (χ3n) is 5.83. The maximum Gasteiger partial charge on any atom is 0.270 e. The number of rotatable bonds is 5. The van der Waals surface area contributed by atoms with Crippen LogP contribution in [0.5, 0.6) is 5.75 Å². The summed E-state index contributed by atoms with van der Waals surface area (Å²) < 4.78 is 7.10. The summed E-state index contributed by atoms with van der Waals surface area (Å²) in [6.45, 7) is 5.54. The number of anilines is 1. The van der Waals surface area contributed by atoms with E-state index in [-0.39, 0.29) is 16.4 Å². The van der Waals surface area contributed by atoms with Crippen LogP contribution in [0.4, 0.5) is 11.4 Å². The predicted molar refractivity (Wildman–Crippen MR) is 136 cm³/mol. The molecular weight excluding hydrogens is 468 g/mol. The van der Waals surface area contributed by atoms with Crippen LogP contribution in [-0.4, -0.2) is 33.5 Å². The van der Waals surface area contributed by atoms with Gasteiger partial charge in [0.05, 0.1) is 17.7 Å². The number of nitrogens with zero attached hydrogens (tertiary/aromatic N) is 3. The summed E-state index contributed by atoms with van der Waals surface area (Å²) in [6, 6.07) is 13.3. The number of carbonyl (C=O) groups excluding carboxylic acids is 2. The van der Waals surface area contributed by atoms with E-state index in [9.17, 15) is 19.7 Å². The number of thiocarbonyl (C=S) groups is 1. The number of hydrogen-bond acceptors (Lipinski definition) is 6. The van der Waals surface area contributed by atoms with Gasteiger partial charge in [-0.15, -0.1) is 0 Å². The molecule has 4 rings (SSSR count). The Kier molecular flexibility index (Phi) is 6.23. The molecule has 10 heteroatoms. The van der Waals surface area contributed by atoms with Gasteiger partial charge in [-0.05, 0) is 86.6 Å². The number of aromatic nitrogens is 1. The largest absolute Gasteiger partial charge is 0.497 e. The van der Waals surface area contributed by atoms with E-state index in [0.29, 0.717) is 17.0 Å². The molecule has 3 aromatic rings. The molecule has 0 atom stereocenters. The molecule has 1 N–H and O–H groups in total. The fraction of sp³-hybridized carbons (Fsp3) is 0.160. The minimum Gasteiger partial charge on any atom is -0.497 e. The van der Waals surface area contributed by atoms with Crippen LogP contribution in [0.2, 0.25) is 0 Å². The summed E-state index contributed by atoms with van der Waals surface area (Å²) in [4.78, 5) is 38.0. The van der Waals surface area contributed by atoms with Gasteiger partial charge in [-0.2, -0.15) is 0 Å². The summed E-state index contributed by atoms with van der Waals surface area (Å²) in [5.41, 5.74) is 4.23. The van der Waals surface area contributed by atoms with Gasteiger partial charge in [-0.25, -0.2) is 0 Å². The van der Waals surface area contributed by atoms with E-state index in [1.54, 1.807) is 44.4 Å². The lowest BCUT2D eigenvalue weighted by molar-refractivity contribution is -0.384. The highest BCUT2D eigenvalue weighted by Gasteiger charge is 2.34. The Balaban J connectivity index is 1.74. The van der Waals surface area contributed by atoms with Crippen molar-refractivity contribution in [1.29, 1.82) is 0 Å². The van der Waals surface area contributed by atoms with E-state index in [1.807, 2.05) is 24.5 Å². The maximum atomic E-state index is 13.3. The van der Waals surface area contributed by atoms with Crippen LogP contribution in [0.25, 0.3) is 11.8 Å². The van der Waals surface area contributed by atoms with Crippen LogP contribution in [0.1, 0.15) is 22.5 Å². The highest BCUT2D eigenvalue weighted by atomic mass is 32.1. The highest BCUT2D eigenvalue weighted by Crippen LogP contribution is 2.29. The van der Waals surface area contributed by atoms with Gasteiger partial charge < -0.3 is 9.30 Å². The number of nitrogens with one attached hydrogen (secondary N) is 1. The van der Waals surface area contributed by atoms with Crippen molar-refractivity contribution in [2.45, 2.75) is 20.8 Å². The Bertz CT molecular complexity index is 1420. The standard InChI is InChI=1S/C25H22N4O5S/c1-14-11-19(29(32)33)7-10-22(14)27-15(2)12-17(16(27)3)13-21-23(30)26-25(35)28(24(21)31)18-5-8-20(34-4)9-6-18/h5-13H,1-4H3,(H,26,30,35)/b21-13-. The van der Waals surface area contributed by atoms with Crippen LogP contribution in [-0.2, 0) is 9.59 Å². The van der Waals surface area contributed by atoms with Gasteiger partial charge in [-0.3, -0.25) is 29.9 Å². The first-order chi connectivity index (χ1) is 16.6. The molecule has 35 heavy (non-hydrogen) atoms. The minimum absolute atomic E-state index is 0.00528. The van der Waals surface area contributed by atoms with Crippen molar-refractivity contribution in [3.63, 3.8) is 0 Å². The monoisotopic (exact) mass is 490 g/mol. The molecule has 0 bridgehead atoms. The van der Waals surface area contributed by atoms with Crippen LogP contribution in [0.15, 0.2) is 54.1 Å². The zero-order chi connectivity index (χ0) is 25.4. The molecule has 2 amide bonds. The van der Waals surface area contributed by atoms with E-state index in [1.165, 1.54) is 23.1 Å². The molecule has 178 valence electrons. The second kappa shape index (κ2) is 9.15. The van der Waals surface area contributed by atoms with Gasteiger partial charge in [-0.1, -0.05) is 0 Å².